The molecular weight excluding hydrogens is 425 g/mol. The Morgan fingerprint density at radius 3 is 2.63 bits per heavy atom. The van der Waals surface area contributed by atoms with Gasteiger partial charge < -0.3 is 14.2 Å². The number of hydrogen-bond acceptors (Lipinski definition) is 6. The molecule has 0 amide bonds. The zero-order valence-corrected chi connectivity index (χ0v) is 15.9. The minimum atomic E-state index is -5.63. The second-order valence-corrected chi connectivity index (χ2v) is 8.76. The number of aromatic amines is 1. The van der Waals surface area contributed by atoms with E-state index in [9.17, 15) is 21.6 Å². The minimum absolute atomic E-state index is 0.136. The molecule has 2 heterocycles. The molecule has 3 aromatic rings. The Bertz CT molecular complexity index is 1290. The summed E-state index contributed by atoms with van der Waals surface area (Å²) in [5.41, 5.74) is -4.58. The zero-order chi connectivity index (χ0) is 21.1. The molecule has 1 aliphatic carbocycles. The molecule has 1 aromatic heterocycles. The van der Waals surface area contributed by atoms with Gasteiger partial charge >= 0.3 is 5.51 Å². The Morgan fingerprint density at radius 1 is 1.13 bits per heavy atom. The van der Waals surface area contributed by atoms with Crippen molar-refractivity contribution in [2.75, 3.05) is 0 Å². The molecule has 11 heteroatoms. The molecule has 5 rings (SSSR count). The summed E-state index contributed by atoms with van der Waals surface area (Å²) < 4.78 is 81.1. The molecule has 1 N–H and O–H groups in total. The van der Waals surface area contributed by atoms with Gasteiger partial charge in [0.15, 0.2) is 0 Å². The highest BCUT2D eigenvalue weighted by Gasteiger charge is 2.55. The fraction of sp³-hybridized carbons (Fsp3) is 0.211. The van der Waals surface area contributed by atoms with Gasteiger partial charge in [-0.2, -0.15) is 18.3 Å². The third-order valence-electron chi connectivity index (χ3n) is 5.12. The van der Waals surface area contributed by atoms with Crippen LogP contribution in [0.5, 0.6) is 11.5 Å². The van der Waals surface area contributed by atoms with Crippen LogP contribution in [0, 0.1) is 0 Å². The Morgan fingerprint density at radius 2 is 1.90 bits per heavy atom. The average molecular weight is 438 g/mol. The largest absolute Gasteiger partial charge is 0.501 e. The molecule has 0 unspecified atom stereocenters. The second kappa shape index (κ2) is 6.14. The summed E-state index contributed by atoms with van der Waals surface area (Å²) in [6.07, 6.45) is 4.31. The molecule has 1 spiro atoms. The van der Waals surface area contributed by atoms with Gasteiger partial charge in [-0.15, -0.1) is 0 Å². The van der Waals surface area contributed by atoms with Crippen molar-refractivity contribution in [1.82, 2.24) is 10.2 Å². The van der Waals surface area contributed by atoms with Crippen LogP contribution in [0.1, 0.15) is 17.5 Å². The Kier molecular flexibility index (Phi) is 3.85. The Balaban J connectivity index is 1.65. The molecule has 7 nitrogen and oxygen atoms in total. The highest BCUT2D eigenvalue weighted by Crippen LogP contribution is 2.51. The molecule has 0 bridgehead atoms. The van der Waals surface area contributed by atoms with E-state index in [1.54, 1.807) is 24.4 Å². The van der Waals surface area contributed by atoms with E-state index in [-0.39, 0.29) is 29.7 Å². The number of halogens is 3. The first-order valence-corrected chi connectivity index (χ1v) is 10.3. The fourth-order valence-corrected chi connectivity index (χ4v) is 4.83. The number of hydrogen-bond donors (Lipinski definition) is 1. The monoisotopic (exact) mass is 438 g/mol. The van der Waals surface area contributed by atoms with Gasteiger partial charge in [0.25, 0.3) is 15.6 Å². The molecule has 1 aliphatic heterocycles. The number of ether oxygens (including phenoxy) is 3. The number of alkyl halides is 3. The van der Waals surface area contributed by atoms with E-state index in [4.69, 9.17) is 14.2 Å². The fourth-order valence-electron chi connectivity index (χ4n) is 3.78. The van der Waals surface area contributed by atoms with Crippen molar-refractivity contribution in [2.45, 2.75) is 29.0 Å². The second-order valence-electron chi connectivity index (χ2n) is 6.85. The molecule has 2 aromatic carbocycles. The molecule has 0 radical (unpaired) electrons. The average Bonchev–Trinajstić information content (AvgIpc) is 3.42. The summed E-state index contributed by atoms with van der Waals surface area (Å²) in [4.78, 5) is -0.899. The van der Waals surface area contributed by atoms with Gasteiger partial charge in [-0.3, -0.25) is 5.10 Å². The summed E-state index contributed by atoms with van der Waals surface area (Å²) in [5, 5.41) is 7.51. The lowest BCUT2D eigenvalue weighted by molar-refractivity contribution is -0.149. The van der Waals surface area contributed by atoms with Gasteiger partial charge in [0.2, 0.25) is 0 Å². The van der Waals surface area contributed by atoms with Crippen LogP contribution < -0.4 is 4.74 Å². The maximum Gasteiger partial charge on any atom is 0.501 e. The number of aromatic nitrogens is 2. The molecule has 0 saturated carbocycles. The maximum absolute atomic E-state index is 13.3. The first kappa shape index (κ1) is 18.8. The number of sulfone groups is 1. The minimum Gasteiger partial charge on any atom is -0.457 e. The van der Waals surface area contributed by atoms with Crippen molar-refractivity contribution in [3.8, 4) is 11.5 Å². The van der Waals surface area contributed by atoms with Crippen LogP contribution >= 0.6 is 0 Å². The standard InChI is InChI=1S/C19H13F3N2O5S/c20-19(21,22)30(25,26)16-4-3-15(13-5-6-18(17(13)16)27-7-8-28-18)29-12-1-2-14-11(9-12)10-23-24-14/h1-4,7-10H,5-6H2,(H,23,24). The van der Waals surface area contributed by atoms with Crippen LogP contribution in [0.25, 0.3) is 10.9 Å². The van der Waals surface area contributed by atoms with Crippen molar-refractivity contribution in [3.05, 3.63) is 60.2 Å². The van der Waals surface area contributed by atoms with Gasteiger partial charge in [-0.25, -0.2) is 8.42 Å². The van der Waals surface area contributed by atoms with E-state index >= 15 is 0 Å². The van der Waals surface area contributed by atoms with Gasteiger partial charge in [0.05, 0.1) is 22.2 Å². The molecule has 2 aliphatic rings. The summed E-state index contributed by atoms with van der Waals surface area (Å²) in [7, 11) is -5.63. The topological polar surface area (TPSA) is 90.5 Å². The van der Waals surface area contributed by atoms with Gasteiger partial charge in [0, 0.05) is 17.4 Å². The van der Waals surface area contributed by atoms with Crippen molar-refractivity contribution < 1.29 is 35.8 Å². The number of nitrogens with zero attached hydrogens (tertiary/aromatic N) is 1. The van der Waals surface area contributed by atoms with Crippen LogP contribution in [0.3, 0.4) is 0 Å². The molecule has 30 heavy (non-hydrogen) atoms. The lowest BCUT2D eigenvalue weighted by Crippen LogP contribution is -2.30. The normalized spacial score (nSPS) is 17.2. The van der Waals surface area contributed by atoms with Crippen LogP contribution in [-0.4, -0.2) is 24.1 Å². The zero-order valence-electron chi connectivity index (χ0n) is 15.1. The van der Waals surface area contributed by atoms with Crippen LogP contribution in [-0.2, 0) is 31.5 Å². The van der Waals surface area contributed by atoms with E-state index < -0.39 is 26.0 Å². The van der Waals surface area contributed by atoms with Crippen LogP contribution in [0.4, 0.5) is 13.2 Å². The van der Waals surface area contributed by atoms with Gasteiger partial charge in [-0.1, -0.05) is 0 Å². The number of rotatable bonds is 3. The van der Waals surface area contributed by atoms with Crippen molar-refractivity contribution in [2.24, 2.45) is 0 Å². The van der Waals surface area contributed by atoms with E-state index in [0.29, 0.717) is 5.75 Å². The Hall–Kier alpha value is -3.21. The predicted octanol–water partition coefficient (Wildman–Crippen LogP) is 4.27. The lowest BCUT2D eigenvalue weighted by atomic mass is 10.1. The highest BCUT2D eigenvalue weighted by molar-refractivity contribution is 7.92. The first-order valence-electron chi connectivity index (χ1n) is 8.81. The van der Waals surface area contributed by atoms with E-state index in [2.05, 4.69) is 10.2 Å². The summed E-state index contributed by atoms with van der Waals surface area (Å²) in [6, 6.07) is 7.22. The lowest BCUT2D eigenvalue weighted by Gasteiger charge is -2.26. The number of benzene rings is 2. The van der Waals surface area contributed by atoms with Gasteiger partial charge in [-0.05, 0) is 36.8 Å². The molecular formula is C19H13F3N2O5S. The SMILES string of the molecule is O=S(=O)(c1ccc(Oc2ccc3[nH]ncc3c2)c2c1C1(CC2)OC=CO1)C(F)(F)F. The van der Waals surface area contributed by atoms with E-state index in [1.807, 2.05) is 0 Å². The van der Waals surface area contributed by atoms with Crippen LogP contribution in [0.2, 0.25) is 0 Å². The number of H-pyrrole nitrogens is 1. The molecule has 156 valence electrons. The third kappa shape index (κ3) is 2.65. The van der Waals surface area contributed by atoms with E-state index in [0.717, 1.165) is 17.0 Å². The highest BCUT2D eigenvalue weighted by atomic mass is 32.2. The van der Waals surface area contributed by atoms with Crippen LogP contribution in [0.15, 0.2) is 53.9 Å². The van der Waals surface area contributed by atoms with Crippen molar-refractivity contribution in [1.29, 1.82) is 0 Å². The summed E-state index contributed by atoms with van der Waals surface area (Å²) in [6.45, 7) is 0. The predicted molar refractivity (Wildman–Crippen MR) is 97.2 cm³/mol. The summed E-state index contributed by atoms with van der Waals surface area (Å²) in [5.74, 6) is -0.980. The Labute approximate surface area is 168 Å². The molecule has 0 atom stereocenters. The smallest absolute Gasteiger partial charge is 0.457 e. The quantitative estimate of drug-likeness (QED) is 0.657. The van der Waals surface area contributed by atoms with Gasteiger partial charge in [0.1, 0.15) is 24.0 Å². The first-order chi connectivity index (χ1) is 14.2. The molecule has 0 fully saturated rings. The van der Waals surface area contributed by atoms with E-state index in [1.165, 1.54) is 18.6 Å². The summed E-state index contributed by atoms with van der Waals surface area (Å²) >= 11 is 0. The van der Waals surface area contributed by atoms with Crippen molar-refractivity contribution >= 4 is 20.7 Å². The molecule has 0 saturated heterocycles. The van der Waals surface area contributed by atoms with Crippen molar-refractivity contribution in [3.63, 3.8) is 0 Å². The third-order valence-corrected chi connectivity index (χ3v) is 6.65. The number of nitrogens with one attached hydrogen (secondary N) is 1. The maximum atomic E-state index is 13.3. The number of fused-ring (bicyclic) bond motifs is 3.